The number of allylic oxidation sites excluding steroid dienone is 1. The molecule has 1 N–H and O–H groups in total. The monoisotopic (exact) mass is 496 g/mol. The Balaban J connectivity index is 1.37. The van der Waals surface area contributed by atoms with E-state index in [0.29, 0.717) is 37.5 Å². The molecule has 0 radical (unpaired) electrons. The number of rotatable bonds is 6. The van der Waals surface area contributed by atoms with E-state index in [9.17, 15) is 9.59 Å². The number of ether oxygens (including phenoxy) is 1. The van der Waals surface area contributed by atoms with Crippen molar-refractivity contribution in [2.45, 2.75) is 60.0 Å². The summed E-state index contributed by atoms with van der Waals surface area (Å²) in [7, 11) is 0. The first-order chi connectivity index (χ1) is 16.9. The van der Waals surface area contributed by atoms with Gasteiger partial charge in [0.2, 0.25) is 0 Å². The van der Waals surface area contributed by atoms with Gasteiger partial charge in [-0.3, -0.25) is 4.90 Å². The van der Waals surface area contributed by atoms with Crippen molar-refractivity contribution in [3.63, 3.8) is 0 Å². The van der Waals surface area contributed by atoms with Crippen LogP contribution < -0.4 is 5.32 Å². The molecule has 3 aliphatic carbocycles. The van der Waals surface area contributed by atoms with Gasteiger partial charge in [-0.25, -0.2) is 9.59 Å². The summed E-state index contributed by atoms with van der Waals surface area (Å²) < 4.78 is 5.52. The molecular formula is C29H44N4O3. The second-order valence-corrected chi connectivity index (χ2v) is 12.3. The van der Waals surface area contributed by atoms with Gasteiger partial charge in [-0.15, -0.1) is 0 Å². The van der Waals surface area contributed by atoms with Crippen LogP contribution in [0.3, 0.4) is 0 Å². The van der Waals surface area contributed by atoms with E-state index in [1.807, 2.05) is 56.9 Å². The Morgan fingerprint density at radius 1 is 1.14 bits per heavy atom. The SMILES string of the molecule is Cc1ccccc1NC(=O)N(CCN1CCN(C(=O)OC(C)(C)C)CC1)CC1=CCC2CC1C2(C)C. The summed E-state index contributed by atoms with van der Waals surface area (Å²) in [5, 5.41) is 3.15. The molecule has 7 heteroatoms. The van der Waals surface area contributed by atoms with Crippen LogP contribution in [-0.4, -0.2) is 78.2 Å². The number of carbonyl (C=O) groups excluding carboxylic acids is 2. The third-order valence-electron chi connectivity index (χ3n) is 8.34. The number of piperazine rings is 1. The van der Waals surface area contributed by atoms with E-state index in [4.69, 9.17) is 4.74 Å². The molecule has 1 heterocycles. The molecule has 1 saturated heterocycles. The molecule has 198 valence electrons. The molecule has 1 aliphatic heterocycles. The molecule has 7 nitrogen and oxygen atoms in total. The number of anilines is 1. The quantitative estimate of drug-likeness (QED) is 0.538. The van der Waals surface area contributed by atoms with Gasteiger partial charge in [0, 0.05) is 51.5 Å². The van der Waals surface area contributed by atoms with Gasteiger partial charge >= 0.3 is 12.1 Å². The zero-order valence-electron chi connectivity index (χ0n) is 23.0. The molecular weight excluding hydrogens is 452 g/mol. The van der Waals surface area contributed by atoms with Crippen LogP contribution in [0.2, 0.25) is 0 Å². The standard InChI is InChI=1S/C29H44N4O3/c1-21-9-7-8-10-25(21)30-26(34)33(20-22-11-12-23-19-24(22)29(23,5)6)18-15-31-13-16-32(17-14-31)27(35)36-28(2,3)4/h7-11,23-24H,12-20H2,1-6H3,(H,30,34). The fourth-order valence-corrected chi connectivity index (χ4v) is 5.78. The minimum atomic E-state index is -0.484. The van der Waals surface area contributed by atoms with Crippen molar-refractivity contribution in [3.8, 4) is 0 Å². The lowest BCUT2D eigenvalue weighted by atomic mass is 9.49. The van der Waals surface area contributed by atoms with Crippen molar-refractivity contribution >= 4 is 17.8 Å². The van der Waals surface area contributed by atoms with Crippen LogP contribution in [0.15, 0.2) is 35.9 Å². The van der Waals surface area contributed by atoms with Gasteiger partial charge in [0.1, 0.15) is 5.60 Å². The molecule has 1 aromatic carbocycles. The van der Waals surface area contributed by atoms with Gasteiger partial charge in [0.15, 0.2) is 0 Å². The number of nitrogens with one attached hydrogen (secondary N) is 1. The number of aryl methyl sites for hydroxylation is 1. The number of urea groups is 1. The van der Waals surface area contributed by atoms with E-state index >= 15 is 0 Å². The van der Waals surface area contributed by atoms with Crippen molar-refractivity contribution < 1.29 is 14.3 Å². The number of para-hydroxylation sites is 1. The van der Waals surface area contributed by atoms with Crippen molar-refractivity contribution in [2.24, 2.45) is 17.3 Å². The van der Waals surface area contributed by atoms with Crippen LogP contribution in [0, 0.1) is 24.2 Å². The molecule has 1 saturated carbocycles. The largest absolute Gasteiger partial charge is 0.444 e. The summed E-state index contributed by atoms with van der Waals surface area (Å²) in [5.74, 6) is 1.35. The van der Waals surface area contributed by atoms with Gasteiger partial charge < -0.3 is 19.9 Å². The predicted molar refractivity (Wildman–Crippen MR) is 144 cm³/mol. The highest BCUT2D eigenvalue weighted by Gasteiger charge is 2.51. The van der Waals surface area contributed by atoms with E-state index in [2.05, 4.69) is 30.1 Å². The van der Waals surface area contributed by atoms with Crippen LogP contribution in [0.25, 0.3) is 0 Å². The maximum absolute atomic E-state index is 13.5. The number of nitrogens with zero attached hydrogens (tertiary/aromatic N) is 3. The van der Waals surface area contributed by atoms with Gasteiger partial charge in [-0.2, -0.15) is 0 Å². The second-order valence-electron chi connectivity index (χ2n) is 12.3. The molecule has 2 unspecified atom stereocenters. The number of fused-ring (bicyclic) bond motifs is 1. The first kappa shape index (κ1) is 26.5. The normalized spacial score (nSPS) is 23.4. The lowest BCUT2D eigenvalue weighted by molar-refractivity contribution is -0.00981. The summed E-state index contributed by atoms with van der Waals surface area (Å²) in [6, 6.07) is 7.88. The Hall–Kier alpha value is -2.54. The molecule has 4 aliphatic rings. The van der Waals surface area contributed by atoms with Crippen LogP contribution >= 0.6 is 0 Å². The Bertz CT molecular complexity index is 988. The highest BCUT2D eigenvalue weighted by molar-refractivity contribution is 5.90. The summed E-state index contributed by atoms with van der Waals surface area (Å²) in [4.78, 5) is 32.0. The van der Waals surface area contributed by atoms with Gasteiger partial charge in [-0.05, 0) is 69.4 Å². The highest BCUT2D eigenvalue weighted by atomic mass is 16.6. The molecule has 2 fully saturated rings. The summed E-state index contributed by atoms with van der Waals surface area (Å²) in [5.41, 5.74) is 3.18. The molecule has 3 amide bonds. The maximum Gasteiger partial charge on any atom is 0.410 e. The zero-order chi connectivity index (χ0) is 26.1. The van der Waals surface area contributed by atoms with Crippen LogP contribution in [-0.2, 0) is 4.74 Å². The second kappa shape index (κ2) is 10.4. The van der Waals surface area contributed by atoms with Crippen molar-refractivity contribution in [1.82, 2.24) is 14.7 Å². The summed E-state index contributed by atoms with van der Waals surface area (Å²) in [6.07, 6.45) is 4.52. The van der Waals surface area contributed by atoms with E-state index in [1.165, 1.54) is 12.0 Å². The van der Waals surface area contributed by atoms with E-state index in [1.54, 1.807) is 4.90 Å². The molecule has 0 spiro atoms. The average molecular weight is 497 g/mol. The van der Waals surface area contributed by atoms with E-state index < -0.39 is 5.60 Å². The molecule has 2 bridgehead atoms. The van der Waals surface area contributed by atoms with Crippen molar-refractivity contribution in [3.05, 3.63) is 41.5 Å². The fourth-order valence-electron chi connectivity index (χ4n) is 5.78. The Morgan fingerprint density at radius 3 is 2.44 bits per heavy atom. The fraction of sp³-hybridized carbons (Fsp3) is 0.655. The van der Waals surface area contributed by atoms with Gasteiger partial charge in [0.25, 0.3) is 0 Å². The molecule has 0 aromatic heterocycles. The Morgan fingerprint density at radius 2 is 1.83 bits per heavy atom. The average Bonchev–Trinajstić information content (AvgIpc) is 2.82. The molecule has 1 aromatic rings. The van der Waals surface area contributed by atoms with Crippen LogP contribution in [0.5, 0.6) is 0 Å². The Kier molecular flexibility index (Phi) is 7.69. The minimum Gasteiger partial charge on any atom is -0.444 e. The third kappa shape index (κ3) is 6.05. The number of benzene rings is 1. The number of hydrogen-bond acceptors (Lipinski definition) is 4. The third-order valence-corrected chi connectivity index (χ3v) is 8.34. The molecule has 5 rings (SSSR count). The number of hydrogen-bond donors (Lipinski definition) is 1. The maximum atomic E-state index is 13.5. The molecule has 2 atom stereocenters. The Labute approximate surface area is 216 Å². The van der Waals surface area contributed by atoms with E-state index in [-0.39, 0.29) is 12.1 Å². The summed E-state index contributed by atoms with van der Waals surface area (Å²) in [6.45, 7) is 17.4. The van der Waals surface area contributed by atoms with Gasteiger partial charge in [0.05, 0.1) is 0 Å². The summed E-state index contributed by atoms with van der Waals surface area (Å²) >= 11 is 0. The smallest absolute Gasteiger partial charge is 0.410 e. The first-order valence-corrected chi connectivity index (χ1v) is 13.4. The van der Waals surface area contributed by atoms with Crippen LogP contribution in [0.1, 0.15) is 53.0 Å². The lowest BCUT2D eigenvalue weighted by Crippen LogP contribution is -2.53. The molecule has 36 heavy (non-hydrogen) atoms. The first-order valence-electron chi connectivity index (χ1n) is 13.4. The van der Waals surface area contributed by atoms with Crippen molar-refractivity contribution in [1.29, 1.82) is 0 Å². The number of amides is 3. The van der Waals surface area contributed by atoms with E-state index in [0.717, 1.165) is 43.2 Å². The lowest BCUT2D eigenvalue weighted by Gasteiger charge is -2.57. The zero-order valence-corrected chi connectivity index (χ0v) is 23.0. The minimum absolute atomic E-state index is 0.0446. The van der Waals surface area contributed by atoms with Gasteiger partial charge in [-0.1, -0.05) is 43.7 Å². The predicted octanol–water partition coefficient (Wildman–Crippen LogP) is 5.37. The van der Waals surface area contributed by atoms with Crippen molar-refractivity contribution in [2.75, 3.05) is 51.1 Å². The number of carbonyl (C=O) groups is 2. The van der Waals surface area contributed by atoms with Crippen LogP contribution in [0.4, 0.5) is 15.3 Å². The highest BCUT2D eigenvalue weighted by Crippen LogP contribution is 2.59. The topological polar surface area (TPSA) is 65.1 Å².